The first-order chi connectivity index (χ1) is 5.25. The third-order valence-electron chi connectivity index (χ3n) is 1.66. The highest BCUT2D eigenvalue weighted by atomic mass is 14.7. The first-order valence-corrected chi connectivity index (χ1v) is 3.69. The fourth-order valence-electron chi connectivity index (χ4n) is 1.09. The van der Waals surface area contributed by atoms with E-state index in [2.05, 4.69) is 37.2 Å². The molecule has 1 rings (SSSR count). The van der Waals surface area contributed by atoms with Crippen molar-refractivity contribution in [2.75, 3.05) is 0 Å². The smallest absolute Gasteiger partial charge is 0.0547 e. The van der Waals surface area contributed by atoms with Gasteiger partial charge in [0.1, 0.15) is 0 Å². The molecule has 1 nitrogen and oxygen atoms in total. The highest BCUT2D eigenvalue weighted by Gasteiger charge is 1.87. The Morgan fingerprint density at radius 3 is 2.18 bits per heavy atom. The Hall–Kier alpha value is -1.11. The number of hydrogen-bond donors (Lipinski definition) is 0. The second kappa shape index (κ2) is 3.33. The molecule has 0 unspecified atom stereocenters. The maximum absolute atomic E-state index is 4.16. The fourth-order valence-corrected chi connectivity index (χ4v) is 1.09. The summed E-state index contributed by atoms with van der Waals surface area (Å²) in [7, 11) is 0. The van der Waals surface area contributed by atoms with E-state index in [0.29, 0.717) is 0 Å². The van der Waals surface area contributed by atoms with Crippen LogP contribution in [0, 0.1) is 13.8 Å². The number of benzene rings is 1. The first kappa shape index (κ1) is 7.99. The number of rotatable bonds is 1. The molecular formula is C10H12N-. The summed E-state index contributed by atoms with van der Waals surface area (Å²) in [5, 5.41) is 0. The molecule has 0 aliphatic heterocycles. The van der Waals surface area contributed by atoms with Crippen LogP contribution < -0.4 is 0 Å². The molecule has 0 spiro atoms. The summed E-state index contributed by atoms with van der Waals surface area (Å²) in [6.45, 7) is 5.93. The molecule has 1 aromatic carbocycles. The minimum Gasteiger partial charge on any atom is -0.456 e. The van der Waals surface area contributed by atoms with Gasteiger partial charge in [-0.05, 0) is 0 Å². The fraction of sp³-hybridized carbons (Fsp3) is 0.300. The van der Waals surface area contributed by atoms with Crippen molar-refractivity contribution < 1.29 is 0 Å². The van der Waals surface area contributed by atoms with Crippen LogP contribution in [-0.2, 0) is 0 Å². The van der Waals surface area contributed by atoms with Crippen LogP contribution in [0.25, 0.3) is 0 Å². The molecule has 0 aliphatic rings. The van der Waals surface area contributed by atoms with Gasteiger partial charge in [-0.2, -0.15) is 6.21 Å². The number of aryl methyl sites for hydroxylation is 2. The molecule has 11 heavy (non-hydrogen) atoms. The zero-order valence-electron chi connectivity index (χ0n) is 7.18. The zero-order valence-corrected chi connectivity index (χ0v) is 7.18. The Morgan fingerprint density at radius 1 is 1.18 bits per heavy atom. The minimum absolute atomic E-state index is 1.05. The second-order valence-corrected chi connectivity index (χ2v) is 2.58. The van der Waals surface area contributed by atoms with Crippen LogP contribution in [0.5, 0.6) is 0 Å². The molecule has 58 valence electrons. The molecule has 0 heterocycles. The molecule has 0 saturated carbocycles. The van der Waals surface area contributed by atoms with Crippen molar-refractivity contribution in [2.24, 2.45) is 4.99 Å². The van der Waals surface area contributed by atoms with Gasteiger partial charge in [-0.1, -0.05) is 37.7 Å². The molecule has 0 atom stereocenters. The highest BCUT2D eigenvalue weighted by Crippen LogP contribution is 2.21. The van der Waals surface area contributed by atoms with Crippen molar-refractivity contribution in [3.63, 3.8) is 0 Å². The van der Waals surface area contributed by atoms with Gasteiger partial charge in [0.2, 0.25) is 0 Å². The van der Waals surface area contributed by atoms with Crippen molar-refractivity contribution in [3.05, 3.63) is 29.3 Å². The summed E-state index contributed by atoms with van der Waals surface area (Å²) < 4.78 is 0. The standard InChI is InChI=1S/C10H12N/c1-4-11-10-8(2)6-5-7-9(10)3/h5-7H,1-3H3/q-1. The lowest BCUT2D eigenvalue weighted by molar-refractivity contribution is 1.33. The Bertz CT molecular complexity index is 254. The lowest BCUT2D eigenvalue weighted by Crippen LogP contribution is -1.78. The summed E-state index contributed by atoms with van der Waals surface area (Å²) in [5.74, 6) is 0. The topological polar surface area (TPSA) is 12.4 Å². The van der Waals surface area contributed by atoms with Gasteiger partial charge in [-0.15, -0.1) is 18.1 Å². The summed E-state index contributed by atoms with van der Waals surface area (Å²) in [4.78, 5) is 4.16. The van der Waals surface area contributed by atoms with Crippen molar-refractivity contribution in [1.82, 2.24) is 0 Å². The quantitative estimate of drug-likeness (QED) is 0.426. The maximum Gasteiger partial charge on any atom is -0.0547 e. The van der Waals surface area contributed by atoms with Crippen molar-refractivity contribution in [1.29, 1.82) is 0 Å². The van der Waals surface area contributed by atoms with Gasteiger partial charge in [0, 0.05) is 0 Å². The van der Waals surface area contributed by atoms with Gasteiger partial charge >= 0.3 is 0 Å². The van der Waals surface area contributed by atoms with Gasteiger partial charge in [-0.25, -0.2) is 0 Å². The lowest BCUT2D eigenvalue weighted by atomic mass is 10.1. The van der Waals surface area contributed by atoms with Crippen LogP contribution in [-0.4, -0.2) is 6.21 Å². The maximum atomic E-state index is 4.16. The Morgan fingerprint density at radius 2 is 1.73 bits per heavy atom. The van der Waals surface area contributed by atoms with Gasteiger partial charge < -0.3 is 4.99 Å². The molecular weight excluding hydrogens is 134 g/mol. The Labute approximate surface area is 67.8 Å². The van der Waals surface area contributed by atoms with Crippen LogP contribution in [0.3, 0.4) is 0 Å². The monoisotopic (exact) mass is 146 g/mol. The van der Waals surface area contributed by atoms with E-state index in [-0.39, 0.29) is 0 Å². The van der Waals surface area contributed by atoms with Crippen LogP contribution in [0.15, 0.2) is 23.2 Å². The van der Waals surface area contributed by atoms with Gasteiger partial charge in [0.25, 0.3) is 0 Å². The van der Waals surface area contributed by atoms with Crippen molar-refractivity contribution in [2.45, 2.75) is 20.8 Å². The Kier molecular flexibility index (Phi) is 2.42. The SMILES string of the molecule is C[C-]=Nc1c(C)cccc1C. The largest absolute Gasteiger partial charge is 0.456 e. The normalized spacial score (nSPS) is 10.8. The lowest BCUT2D eigenvalue weighted by Gasteiger charge is -2.12. The van der Waals surface area contributed by atoms with E-state index < -0.39 is 0 Å². The number of para-hydroxylation sites is 1. The van der Waals surface area contributed by atoms with E-state index in [4.69, 9.17) is 0 Å². The molecule has 0 N–H and O–H groups in total. The third kappa shape index (κ3) is 1.67. The average Bonchev–Trinajstić information content (AvgIpc) is 1.97. The predicted octanol–water partition coefficient (Wildman–Crippen LogP) is 2.90. The summed E-state index contributed by atoms with van der Waals surface area (Å²) >= 11 is 0. The number of hydrogen-bond acceptors (Lipinski definition) is 1. The molecule has 0 bridgehead atoms. The van der Waals surface area contributed by atoms with E-state index in [1.165, 1.54) is 11.1 Å². The summed E-state index contributed by atoms with van der Waals surface area (Å²) in [5.41, 5.74) is 3.47. The van der Waals surface area contributed by atoms with Crippen LogP contribution in [0.4, 0.5) is 5.69 Å². The minimum atomic E-state index is 1.05. The summed E-state index contributed by atoms with van der Waals surface area (Å²) in [6, 6.07) is 6.16. The van der Waals surface area contributed by atoms with Crippen LogP contribution >= 0.6 is 0 Å². The molecule has 0 radical (unpaired) electrons. The van der Waals surface area contributed by atoms with Gasteiger partial charge in [0.15, 0.2) is 0 Å². The number of nitrogens with zero attached hydrogens (tertiary/aromatic N) is 1. The average molecular weight is 146 g/mol. The molecule has 1 heteroatoms. The van der Waals surface area contributed by atoms with Crippen molar-refractivity contribution in [3.8, 4) is 0 Å². The molecule has 0 saturated heterocycles. The molecule has 0 amide bonds. The summed E-state index contributed by atoms with van der Waals surface area (Å²) in [6.07, 6.45) is 2.79. The van der Waals surface area contributed by atoms with Gasteiger partial charge in [-0.3, -0.25) is 0 Å². The number of aliphatic imine (C=N–C) groups is 1. The van der Waals surface area contributed by atoms with Crippen molar-refractivity contribution >= 4 is 11.9 Å². The molecule has 1 aromatic rings. The van der Waals surface area contributed by atoms with E-state index in [1.807, 2.05) is 13.0 Å². The molecule has 0 fully saturated rings. The van der Waals surface area contributed by atoms with E-state index in [1.54, 1.807) is 0 Å². The first-order valence-electron chi connectivity index (χ1n) is 3.69. The van der Waals surface area contributed by atoms with E-state index >= 15 is 0 Å². The van der Waals surface area contributed by atoms with Gasteiger partial charge in [0.05, 0.1) is 0 Å². The van der Waals surface area contributed by atoms with E-state index in [0.717, 1.165) is 5.69 Å². The predicted molar refractivity (Wildman–Crippen MR) is 48.7 cm³/mol. The Balaban J connectivity index is 3.20. The van der Waals surface area contributed by atoms with Crippen LogP contribution in [0.2, 0.25) is 0 Å². The highest BCUT2D eigenvalue weighted by molar-refractivity contribution is 5.64. The zero-order chi connectivity index (χ0) is 8.27. The molecule has 0 aliphatic carbocycles. The second-order valence-electron chi connectivity index (χ2n) is 2.58. The third-order valence-corrected chi connectivity index (χ3v) is 1.66. The van der Waals surface area contributed by atoms with Crippen LogP contribution in [0.1, 0.15) is 18.1 Å². The van der Waals surface area contributed by atoms with E-state index in [9.17, 15) is 0 Å². The molecule has 0 aromatic heterocycles.